The van der Waals surface area contributed by atoms with Gasteiger partial charge in [0.15, 0.2) is 5.82 Å². The van der Waals surface area contributed by atoms with E-state index in [0.717, 1.165) is 25.3 Å². The molecule has 2 aromatic carbocycles. The maximum Gasteiger partial charge on any atom is 0.174 e. The average molecular weight is 474 g/mol. The number of tetrazole rings is 1. The number of hydrogen-bond acceptors (Lipinski definition) is 5. The number of rotatable bonds is 10. The molecule has 0 amide bonds. The smallest absolute Gasteiger partial charge is 0.174 e. The predicted molar refractivity (Wildman–Crippen MR) is 140 cm³/mol. The summed E-state index contributed by atoms with van der Waals surface area (Å²) in [6, 6.07) is 24.0. The Kier molecular flexibility index (Phi) is 7.59. The van der Waals surface area contributed by atoms with Gasteiger partial charge in [0.05, 0.1) is 5.54 Å². The Balaban J connectivity index is 1.78. The molecule has 178 valence electrons. The molecule has 6 heteroatoms. The minimum absolute atomic E-state index is 0.0502. The molecule has 0 aliphatic rings. The Morgan fingerprint density at radius 1 is 0.912 bits per heavy atom. The molecule has 0 spiro atoms. The number of aromatic nitrogens is 4. The van der Waals surface area contributed by atoms with Gasteiger partial charge in [-0.25, -0.2) is 4.68 Å². The number of hydrogen-bond donors (Lipinski definition) is 0. The van der Waals surface area contributed by atoms with Crippen molar-refractivity contribution in [3.8, 4) is 0 Å². The van der Waals surface area contributed by atoms with Crippen molar-refractivity contribution in [2.24, 2.45) is 0 Å². The molecule has 5 nitrogen and oxygen atoms in total. The molecular formula is C28H35N5S. The Morgan fingerprint density at radius 3 is 2.18 bits per heavy atom. The zero-order chi connectivity index (χ0) is 24.1. The molecule has 4 aromatic rings. The topological polar surface area (TPSA) is 46.8 Å². The van der Waals surface area contributed by atoms with Crippen LogP contribution in [0.2, 0.25) is 0 Å². The molecule has 4 rings (SSSR count). The summed E-state index contributed by atoms with van der Waals surface area (Å²) >= 11 is 1.76. The fourth-order valence-corrected chi connectivity index (χ4v) is 5.02. The van der Waals surface area contributed by atoms with E-state index in [9.17, 15) is 0 Å². The van der Waals surface area contributed by atoms with Gasteiger partial charge in [0.2, 0.25) is 0 Å². The lowest BCUT2D eigenvalue weighted by Crippen LogP contribution is -2.35. The maximum absolute atomic E-state index is 4.60. The fraction of sp³-hybridized carbons (Fsp3) is 0.393. The molecule has 0 N–H and O–H groups in total. The highest BCUT2D eigenvalue weighted by Gasteiger charge is 2.33. The zero-order valence-electron chi connectivity index (χ0n) is 20.8. The number of thiophene rings is 1. The van der Waals surface area contributed by atoms with Crippen molar-refractivity contribution in [1.82, 2.24) is 25.1 Å². The van der Waals surface area contributed by atoms with Gasteiger partial charge in [-0.1, -0.05) is 81.4 Å². The first kappa shape index (κ1) is 24.3. The van der Waals surface area contributed by atoms with E-state index in [1.165, 1.54) is 21.6 Å². The molecule has 2 aromatic heterocycles. The first-order valence-corrected chi connectivity index (χ1v) is 13.0. The molecule has 0 bridgehead atoms. The van der Waals surface area contributed by atoms with Crippen LogP contribution >= 0.6 is 11.3 Å². The standard InChI is InChI=1S/C28H35N5S/c1-6-28(4,5)33-27(29-30-31-33)26(25-13-10-18-34-25)32(19-22-11-8-7-9-12-22)20-23-14-16-24(17-15-23)21(2)3/h7-18,21,26H,6,19-20H2,1-5H3. The molecule has 0 aliphatic carbocycles. The highest BCUT2D eigenvalue weighted by molar-refractivity contribution is 7.10. The normalized spacial score (nSPS) is 13.0. The van der Waals surface area contributed by atoms with Gasteiger partial charge in [-0.3, -0.25) is 4.90 Å². The molecule has 1 atom stereocenters. The summed E-state index contributed by atoms with van der Waals surface area (Å²) in [5.41, 5.74) is 3.75. The van der Waals surface area contributed by atoms with Crippen LogP contribution in [0.1, 0.15) is 80.4 Å². The van der Waals surface area contributed by atoms with Gasteiger partial charge >= 0.3 is 0 Å². The van der Waals surface area contributed by atoms with Crippen molar-refractivity contribution in [2.75, 3.05) is 0 Å². The molecule has 2 heterocycles. The third-order valence-corrected chi connectivity index (χ3v) is 7.54. The lowest BCUT2D eigenvalue weighted by molar-refractivity contribution is 0.183. The minimum Gasteiger partial charge on any atom is -0.280 e. The first-order chi connectivity index (χ1) is 16.4. The van der Waals surface area contributed by atoms with E-state index in [0.29, 0.717) is 5.92 Å². The predicted octanol–water partition coefficient (Wildman–Crippen LogP) is 6.79. The summed E-state index contributed by atoms with van der Waals surface area (Å²) < 4.78 is 2.03. The molecular weight excluding hydrogens is 438 g/mol. The van der Waals surface area contributed by atoms with E-state index in [1.54, 1.807) is 11.3 Å². The summed E-state index contributed by atoms with van der Waals surface area (Å²) in [6.07, 6.45) is 0.942. The van der Waals surface area contributed by atoms with Crippen LogP contribution in [0.5, 0.6) is 0 Å². The van der Waals surface area contributed by atoms with Gasteiger partial charge in [0.25, 0.3) is 0 Å². The molecule has 0 aliphatic heterocycles. The van der Waals surface area contributed by atoms with Crippen LogP contribution in [0, 0.1) is 0 Å². The van der Waals surface area contributed by atoms with E-state index in [-0.39, 0.29) is 11.6 Å². The minimum atomic E-state index is -0.175. The monoisotopic (exact) mass is 473 g/mol. The van der Waals surface area contributed by atoms with E-state index in [1.807, 2.05) is 4.68 Å². The molecule has 34 heavy (non-hydrogen) atoms. The fourth-order valence-electron chi connectivity index (χ4n) is 4.16. The molecule has 0 fully saturated rings. The first-order valence-electron chi connectivity index (χ1n) is 12.1. The summed E-state index contributed by atoms with van der Waals surface area (Å²) in [7, 11) is 0. The van der Waals surface area contributed by atoms with Crippen LogP contribution < -0.4 is 0 Å². The van der Waals surface area contributed by atoms with Gasteiger partial charge in [0, 0.05) is 18.0 Å². The van der Waals surface area contributed by atoms with Crippen LogP contribution in [0.15, 0.2) is 72.1 Å². The van der Waals surface area contributed by atoms with Crippen molar-refractivity contribution < 1.29 is 0 Å². The van der Waals surface area contributed by atoms with Gasteiger partial charge in [-0.2, -0.15) is 0 Å². The summed E-state index contributed by atoms with van der Waals surface area (Å²) in [5.74, 6) is 1.42. The van der Waals surface area contributed by atoms with E-state index >= 15 is 0 Å². The van der Waals surface area contributed by atoms with Crippen molar-refractivity contribution in [3.63, 3.8) is 0 Å². The Hall–Kier alpha value is -2.83. The third kappa shape index (κ3) is 5.45. The second-order valence-electron chi connectivity index (χ2n) is 9.82. The summed E-state index contributed by atoms with van der Waals surface area (Å²) in [6.45, 7) is 12.7. The van der Waals surface area contributed by atoms with Gasteiger partial charge in [-0.05, 0) is 64.7 Å². The Labute approximate surface area is 207 Å². The lowest BCUT2D eigenvalue weighted by Gasteiger charge is -2.33. The van der Waals surface area contributed by atoms with Gasteiger partial charge in [0.1, 0.15) is 6.04 Å². The third-order valence-electron chi connectivity index (χ3n) is 6.62. The van der Waals surface area contributed by atoms with Crippen molar-refractivity contribution in [3.05, 3.63) is 99.5 Å². The van der Waals surface area contributed by atoms with E-state index in [4.69, 9.17) is 0 Å². The van der Waals surface area contributed by atoms with Crippen molar-refractivity contribution in [2.45, 2.75) is 71.6 Å². The van der Waals surface area contributed by atoms with Crippen LogP contribution in [0.3, 0.4) is 0 Å². The summed E-state index contributed by atoms with van der Waals surface area (Å²) in [4.78, 5) is 3.75. The Bertz CT molecular complexity index is 1150. The van der Waals surface area contributed by atoms with E-state index in [2.05, 4.69) is 127 Å². The molecule has 0 radical (unpaired) electrons. The number of benzene rings is 2. The summed E-state index contributed by atoms with van der Waals surface area (Å²) in [5, 5.41) is 15.3. The van der Waals surface area contributed by atoms with Gasteiger partial charge in [-0.15, -0.1) is 16.4 Å². The quantitative estimate of drug-likeness (QED) is 0.254. The Morgan fingerprint density at radius 2 is 1.59 bits per heavy atom. The average Bonchev–Trinajstić information content (AvgIpc) is 3.54. The molecule has 0 saturated carbocycles. The van der Waals surface area contributed by atoms with Gasteiger partial charge < -0.3 is 0 Å². The largest absolute Gasteiger partial charge is 0.280 e. The van der Waals surface area contributed by atoms with Crippen molar-refractivity contribution in [1.29, 1.82) is 0 Å². The highest BCUT2D eigenvalue weighted by atomic mass is 32.1. The second-order valence-corrected chi connectivity index (χ2v) is 10.8. The SMILES string of the molecule is CCC(C)(C)n1nnnc1C(c1cccs1)N(Cc1ccccc1)Cc1ccc(C(C)C)cc1. The van der Waals surface area contributed by atoms with Crippen LogP contribution in [-0.2, 0) is 18.6 Å². The molecule has 0 saturated heterocycles. The van der Waals surface area contributed by atoms with Crippen LogP contribution in [-0.4, -0.2) is 25.1 Å². The van der Waals surface area contributed by atoms with Crippen molar-refractivity contribution >= 4 is 11.3 Å². The van der Waals surface area contributed by atoms with Crippen LogP contribution in [0.4, 0.5) is 0 Å². The molecule has 1 unspecified atom stereocenters. The lowest BCUT2D eigenvalue weighted by atomic mass is 10.00. The second kappa shape index (κ2) is 10.6. The number of nitrogens with zero attached hydrogens (tertiary/aromatic N) is 5. The maximum atomic E-state index is 4.60. The van der Waals surface area contributed by atoms with E-state index < -0.39 is 0 Å². The zero-order valence-corrected chi connectivity index (χ0v) is 21.7. The highest BCUT2D eigenvalue weighted by Crippen LogP contribution is 2.35. The van der Waals surface area contributed by atoms with Crippen LogP contribution in [0.25, 0.3) is 0 Å².